The van der Waals surface area contributed by atoms with Gasteiger partial charge in [0, 0.05) is 12.2 Å². The summed E-state index contributed by atoms with van der Waals surface area (Å²) in [6.07, 6.45) is 1.17. The lowest BCUT2D eigenvalue weighted by atomic mass is 10.2. The van der Waals surface area contributed by atoms with Crippen molar-refractivity contribution in [3.05, 3.63) is 48.4 Å². The molecular weight excluding hydrogens is 408 g/mol. The zero-order valence-electron chi connectivity index (χ0n) is 16.6. The molecule has 3 rings (SSSR count). The summed E-state index contributed by atoms with van der Waals surface area (Å²) < 4.78 is 10.4. The van der Waals surface area contributed by atoms with Crippen molar-refractivity contribution in [2.24, 2.45) is 0 Å². The van der Waals surface area contributed by atoms with E-state index < -0.39 is 17.9 Å². The number of amides is 3. The van der Waals surface area contributed by atoms with Crippen molar-refractivity contribution >= 4 is 40.7 Å². The van der Waals surface area contributed by atoms with Crippen molar-refractivity contribution in [1.29, 1.82) is 0 Å². The number of hydrazine groups is 1. The largest absolute Gasteiger partial charge is 0.494 e. The minimum atomic E-state index is -0.959. The van der Waals surface area contributed by atoms with E-state index in [0.29, 0.717) is 24.6 Å². The quantitative estimate of drug-likeness (QED) is 0.619. The second kappa shape index (κ2) is 9.40. The Morgan fingerprint density at radius 1 is 1.20 bits per heavy atom. The Morgan fingerprint density at radius 3 is 2.53 bits per heavy atom. The maximum Gasteiger partial charge on any atom is 0.305 e. The van der Waals surface area contributed by atoms with Crippen molar-refractivity contribution < 1.29 is 23.5 Å². The van der Waals surface area contributed by atoms with Gasteiger partial charge < -0.3 is 14.5 Å². The maximum atomic E-state index is 12.8. The molecule has 1 atom stereocenters. The third-order valence-electron chi connectivity index (χ3n) is 4.41. The molecule has 0 saturated carbocycles. The van der Waals surface area contributed by atoms with Crippen molar-refractivity contribution in [3.8, 4) is 5.75 Å². The van der Waals surface area contributed by atoms with E-state index in [0.717, 1.165) is 0 Å². The summed E-state index contributed by atoms with van der Waals surface area (Å²) in [6, 6.07) is 8.99. The molecular formula is C20H22N4O5S. The highest BCUT2D eigenvalue weighted by Crippen LogP contribution is 2.21. The molecule has 1 aromatic carbocycles. The van der Waals surface area contributed by atoms with Crippen LogP contribution in [0.25, 0.3) is 0 Å². The Labute approximate surface area is 178 Å². The predicted octanol–water partition coefficient (Wildman–Crippen LogP) is 2.17. The first-order valence-corrected chi connectivity index (χ1v) is 9.87. The van der Waals surface area contributed by atoms with Gasteiger partial charge in [-0.1, -0.05) is 0 Å². The van der Waals surface area contributed by atoms with Crippen molar-refractivity contribution in [1.82, 2.24) is 15.3 Å². The topological polar surface area (TPSA) is 104 Å². The first kappa shape index (κ1) is 21.3. The average molecular weight is 430 g/mol. The minimum Gasteiger partial charge on any atom is -0.494 e. The fraction of sp³-hybridized carbons (Fsp3) is 0.300. The van der Waals surface area contributed by atoms with E-state index in [2.05, 4.69) is 10.7 Å². The number of carbonyl (C=O) groups is 3. The van der Waals surface area contributed by atoms with Crippen LogP contribution in [-0.2, 0) is 9.59 Å². The molecule has 2 N–H and O–H groups in total. The van der Waals surface area contributed by atoms with E-state index in [-0.39, 0.29) is 23.2 Å². The van der Waals surface area contributed by atoms with Crippen LogP contribution in [0.5, 0.6) is 5.75 Å². The van der Waals surface area contributed by atoms with Gasteiger partial charge in [0.1, 0.15) is 11.8 Å². The second-order valence-corrected chi connectivity index (χ2v) is 6.74. The van der Waals surface area contributed by atoms with Gasteiger partial charge in [0.2, 0.25) is 5.91 Å². The number of rotatable bonds is 8. The number of ether oxygens (including phenoxy) is 1. The number of thiocarbonyl (C=S) groups is 1. The van der Waals surface area contributed by atoms with Gasteiger partial charge in [-0.3, -0.25) is 24.7 Å². The zero-order chi connectivity index (χ0) is 21.7. The van der Waals surface area contributed by atoms with Gasteiger partial charge in [-0.15, -0.1) is 0 Å². The summed E-state index contributed by atoms with van der Waals surface area (Å²) in [4.78, 5) is 39.0. The third-order valence-corrected chi connectivity index (χ3v) is 4.83. The fourth-order valence-electron chi connectivity index (χ4n) is 3.00. The molecule has 1 aliphatic rings. The molecule has 1 aliphatic heterocycles. The van der Waals surface area contributed by atoms with E-state index in [1.165, 1.54) is 22.2 Å². The number of likely N-dealkylation sites (N-methyl/N-ethyl adjacent to an activating group) is 1. The standard InChI is InChI=1S/C20H22N4O5S/c1-3-23-19(27)15(24(20(23)30)22-18(26)16-6-5-11-29-16)12-17(25)21-13-7-9-14(10-8-13)28-4-2/h5-11,15H,3-4,12H2,1-2H3,(H,21,25)(H,22,26). The normalized spacial score (nSPS) is 16.0. The van der Waals surface area contributed by atoms with Gasteiger partial charge in [0.15, 0.2) is 10.9 Å². The van der Waals surface area contributed by atoms with E-state index in [1.54, 1.807) is 37.3 Å². The van der Waals surface area contributed by atoms with Gasteiger partial charge in [0.25, 0.3) is 5.91 Å². The molecule has 1 aromatic heterocycles. The Balaban J connectivity index is 1.70. The lowest BCUT2D eigenvalue weighted by molar-refractivity contribution is -0.130. The first-order chi connectivity index (χ1) is 14.4. The summed E-state index contributed by atoms with van der Waals surface area (Å²) in [5.41, 5.74) is 3.13. The monoisotopic (exact) mass is 430 g/mol. The van der Waals surface area contributed by atoms with Crippen LogP contribution < -0.4 is 15.5 Å². The number of nitrogens with zero attached hydrogens (tertiary/aromatic N) is 2. The van der Waals surface area contributed by atoms with Crippen molar-refractivity contribution in [2.45, 2.75) is 26.3 Å². The summed E-state index contributed by atoms with van der Waals surface area (Å²) in [6.45, 7) is 4.51. The number of hydrogen-bond acceptors (Lipinski definition) is 6. The summed E-state index contributed by atoms with van der Waals surface area (Å²) in [7, 11) is 0. The van der Waals surface area contributed by atoms with Gasteiger partial charge in [-0.2, -0.15) is 0 Å². The van der Waals surface area contributed by atoms with Crippen LogP contribution >= 0.6 is 12.2 Å². The van der Waals surface area contributed by atoms with Gasteiger partial charge in [-0.05, 0) is 62.5 Å². The Kier molecular flexibility index (Phi) is 6.68. The molecule has 0 radical (unpaired) electrons. The molecule has 1 saturated heterocycles. The Hall–Kier alpha value is -3.40. The molecule has 9 nitrogen and oxygen atoms in total. The van der Waals surface area contributed by atoms with Crippen LogP contribution in [0.15, 0.2) is 47.1 Å². The van der Waals surface area contributed by atoms with Crippen molar-refractivity contribution in [3.63, 3.8) is 0 Å². The molecule has 0 aliphatic carbocycles. The van der Waals surface area contributed by atoms with Gasteiger partial charge in [0.05, 0.1) is 19.3 Å². The van der Waals surface area contributed by atoms with Crippen LogP contribution in [0.1, 0.15) is 30.8 Å². The lowest BCUT2D eigenvalue weighted by Gasteiger charge is -2.23. The number of carbonyl (C=O) groups excluding carboxylic acids is 3. The lowest BCUT2D eigenvalue weighted by Crippen LogP contribution is -2.49. The molecule has 30 heavy (non-hydrogen) atoms. The number of nitrogens with one attached hydrogen (secondary N) is 2. The minimum absolute atomic E-state index is 0.0674. The van der Waals surface area contributed by atoms with Gasteiger partial charge >= 0.3 is 5.91 Å². The van der Waals surface area contributed by atoms with Gasteiger partial charge in [-0.25, -0.2) is 5.01 Å². The van der Waals surface area contributed by atoms with Crippen LogP contribution in [0.2, 0.25) is 0 Å². The first-order valence-electron chi connectivity index (χ1n) is 9.46. The van der Waals surface area contributed by atoms with E-state index in [9.17, 15) is 14.4 Å². The average Bonchev–Trinajstić information content (AvgIpc) is 3.33. The van der Waals surface area contributed by atoms with E-state index in [1.807, 2.05) is 6.92 Å². The predicted molar refractivity (Wildman–Crippen MR) is 113 cm³/mol. The smallest absolute Gasteiger partial charge is 0.305 e. The summed E-state index contributed by atoms with van der Waals surface area (Å²) >= 11 is 5.32. The molecule has 1 fully saturated rings. The second-order valence-electron chi connectivity index (χ2n) is 6.38. The van der Waals surface area contributed by atoms with Crippen LogP contribution in [0.3, 0.4) is 0 Å². The molecule has 10 heteroatoms. The highest BCUT2D eigenvalue weighted by atomic mass is 32.1. The highest BCUT2D eigenvalue weighted by Gasteiger charge is 2.44. The maximum absolute atomic E-state index is 12.8. The zero-order valence-corrected chi connectivity index (χ0v) is 17.4. The number of furan rings is 1. The Morgan fingerprint density at radius 2 is 1.93 bits per heavy atom. The van der Waals surface area contributed by atoms with Crippen molar-refractivity contribution in [2.75, 3.05) is 18.5 Å². The molecule has 1 unspecified atom stereocenters. The summed E-state index contributed by atoms with van der Waals surface area (Å²) in [5.74, 6) is -0.556. The third kappa shape index (κ3) is 4.60. The van der Waals surface area contributed by atoms with Crippen LogP contribution in [0.4, 0.5) is 5.69 Å². The molecule has 158 valence electrons. The highest BCUT2D eigenvalue weighted by molar-refractivity contribution is 7.80. The van der Waals surface area contributed by atoms with E-state index in [4.69, 9.17) is 21.4 Å². The number of benzene rings is 1. The van der Waals surface area contributed by atoms with Crippen LogP contribution in [-0.4, -0.2) is 51.9 Å². The molecule has 2 heterocycles. The van der Waals surface area contributed by atoms with Crippen LogP contribution in [0, 0.1) is 0 Å². The summed E-state index contributed by atoms with van der Waals surface area (Å²) in [5, 5.41) is 4.11. The molecule has 0 spiro atoms. The SMILES string of the molecule is CCOc1ccc(NC(=O)CC2C(=O)N(CC)C(=S)N2NC(=O)c2ccco2)cc1. The fourth-order valence-corrected chi connectivity index (χ4v) is 3.40. The number of hydrogen-bond donors (Lipinski definition) is 2. The molecule has 0 bridgehead atoms. The Bertz CT molecular complexity index is 929. The molecule has 3 amide bonds. The van der Waals surface area contributed by atoms with E-state index >= 15 is 0 Å². The number of anilines is 1. The molecule has 2 aromatic rings.